The molecule has 4 heterocycles. The molecular weight excluding hydrogens is 456 g/mol. The molecule has 1 saturated carbocycles. The van der Waals surface area contributed by atoms with Gasteiger partial charge in [-0.05, 0) is 42.4 Å². The first-order valence-electron chi connectivity index (χ1n) is 12.5. The van der Waals surface area contributed by atoms with Gasteiger partial charge in [0.2, 0.25) is 0 Å². The quantitative estimate of drug-likeness (QED) is 0.367. The maximum absolute atomic E-state index is 10.5. The van der Waals surface area contributed by atoms with Crippen molar-refractivity contribution in [3.05, 3.63) is 53.9 Å². The molecule has 1 aliphatic heterocycles. The summed E-state index contributed by atoms with van der Waals surface area (Å²) in [7, 11) is 0. The van der Waals surface area contributed by atoms with Crippen LogP contribution in [-0.4, -0.2) is 53.6 Å². The van der Waals surface area contributed by atoms with Crippen LogP contribution in [0, 0.1) is 0 Å². The number of ether oxygens (including phenoxy) is 1. The van der Waals surface area contributed by atoms with E-state index in [1.165, 1.54) is 24.8 Å². The summed E-state index contributed by atoms with van der Waals surface area (Å²) in [6.45, 7) is 2.60. The lowest BCUT2D eigenvalue weighted by molar-refractivity contribution is 0.300. The number of nitrogen functional groups attached to an aromatic ring is 1. The number of nitrogens with two attached hydrogens (primary N) is 1. The molecule has 3 aromatic heterocycles. The second-order valence-corrected chi connectivity index (χ2v) is 9.44. The van der Waals surface area contributed by atoms with Crippen LogP contribution in [0.2, 0.25) is 0 Å². The van der Waals surface area contributed by atoms with E-state index in [0.717, 1.165) is 36.2 Å². The van der Waals surface area contributed by atoms with Gasteiger partial charge in [0, 0.05) is 24.3 Å². The van der Waals surface area contributed by atoms with Gasteiger partial charge in [0.1, 0.15) is 0 Å². The summed E-state index contributed by atoms with van der Waals surface area (Å²) in [6, 6.07) is 7.08. The molecule has 0 spiro atoms. The van der Waals surface area contributed by atoms with Crippen LogP contribution < -0.4 is 15.8 Å². The van der Waals surface area contributed by atoms with Crippen LogP contribution in [0.4, 0.5) is 5.82 Å². The lowest BCUT2D eigenvalue weighted by atomic mass is 9.93. The topological polar surface area (TPSA) is 129 Å². The van der Waals surface area contributed by atoms with Crippen LogP contribution >= 0.6 is 0 Å². The molecule has 10 heteroatoms. The van der Waals surface area contributed by atoms with Gasteiger partial charge in [-0.15, -0.1) is 0 Å². The van der Waals surface area contributed by atoms with Crippen molar-refractivity contribution >= 4 is 17.0 Å². The van der Waals surface area contributed by atoms with Crippen molar-refractivity contribution in [2.45, 2.75) is 51.2 Å². The first-order valence-corrected chi connectivity index (χ1v) is 12.5. The highest BCUT2D eigenvalue weighted by Crippen LogP contribution is 2.29. The molecule has 0 saturated heterocycles. The molecule has 0 amide bonds. The van der Waals surface area contributed by atoms with Gasteiger partial charge >= 0.3 is 6.01 Å². The predicted molar refractivity (Wildman–Crippen MR) is 137 cm³/mol. The molecule has 2 aliphatic rings. The molecule has 186 valence electrons. The van der Waals surface area contributed by atoms with Crippen LogP contribution in [0.5, 0.6) is 12.0 Å². The first kappa shape index (κ1) is 22.5. The second kappa shape index (κ2) is 9.62. The number of fused-ring (bicyclic) bond motifs is 3. The Kier molecular flexibility index (Phi) is 6.02. The van der Waals surface area contributed by atoms with E-state index in [1.54, 1.807) is 4.57 Å². The number of allylic oxidation sites excluding steroid dienone is 1. The number of aromatic hydroxyl groups is 1. The van der Waals surface area contributed by atoms with Gasteiger partial charge in [-0.25, -0.2) is 0 Å². The highest BCUT2D eigenvalue weighted by Gasteiger charge is 2.19. The Labute approximate surface area is 208 Å². The van der Waals surface area contributed by atoms with E-state index in [2.05, 4.69) is 61.9 Å². The minimum absolute atomic E-state index is 0.155. The van der Waals surface area contributed by atoms with E-state index in [-0.39, 0.29) is 17.8 Å². The van der Waals surface area contributed by atoms with Crippen molar-refractivity contribution in [3.63, 3.8) is 0 Å². The fraction of sp³-hybridized carbons (Fsp3) is 0.385. The van der Waals surface area contributed by atoms with Gasteiger partial charge in [0.15, 0.2) is 17.0 Å². The lowest BCUT2D eigenvalue weighted by Gasteiger charge is -2.26. The number of nitrogens with one attached hydrogen (secondary N) is 1. The van der Waals surface area contributed by atoms with Gasteiger partial charge in [0.25, 0.3) is 6.01 Å². The van der Waals surface area contributed by atoms with Crippen molar-refractivity contribution in [1.82, 2.24) is 34.6 Å². The number of hydrogen-bond acceptors (Lipinski definition) is 8. The zero-order chi connectivity index (χ0) is 24.5. The number of aromatic nitrogens is 6. The fourth-order valence-electron chi connectivity index (χ4n) is 4.75. The Morgan fingerprint density at radius 3 is 2.94 bits per heavy atom. The number of anilines is 1. The van der Waals surface area contributed by atoms with E-state index < -0.39 is 0 Å². The van der Waals surface area contributed by atoms with E-state index in [1.807, 2.05) is 10.9 Å². The standard InChI is InChI=1S/C26H30N8O2/c27-23-22-24-32-25(31-23)36-12-3-1-2-5-18-13-17(15-34(24)26(35)30-22)8-9-21(18)19-14-29-33(16-19)11-10-28-20-6-4-7-20/h1-2,8-9,13-14,16,20,28H,3-7,10-12,15H2,(H,30,35)(H2,27,31,32)/b2-1-. The maximum Gasteiger partial charge on any atom is 0.320 e. The molecule has 4 bridgehead atoms. The lowest BCUT2D eigenvalue weighted by Crippen LogP contribution is -2.37. The minimum Gasteiger partial charge on any atom is -0.480 e. The Balaban J connectivity index is 1.31. The van der Waals surface area contributed by atoms with E-state index in [4.69, 9.17) is 10.5 Å². The molecule has 0 radical (unpaired) electrons. The molecule has 0 atom stereocenters. The minimum atomic E-state index is -0.155. The summed E-state index contributed by atoms with van der Waals surface area (Å²) >= 11 is 0. The number of benzene rings is 1. The molecule has 10 nitrogen and oxygen atoms in total. The number of rotatable bonds is 5. The second-order valence-electron chi connectivity index (χ2n) is 9.44. The third kappa shape index (κ3) is 4.51. The van der Waals surface area contributed by atoms with E-state index >= 15 is 0 Å². The van der Waals surface area contributed by atoms with E-state index in [9.17, 15) is 5.11 Å². The summed E-state index contributed by atoms with van der Waals surface area (Å²) in [6.07, 6.45) is 13.7. The van der Waals surface area contributed by atoms with Crippen LogP contribution in [0.25, 0.3) is 22.3 Å². The monoisotopic (exact) mass is 486 g/mol. The van der Waals surface area contributed by atoms with Crippen molar-refractivity contribution < 1.29 is 9.84 Å². The summed E-state index contributed by atoms with van der Waals surface area (Å²) in [4.78, 5) is 12.8. The maximum atomic E-state index is 10.5. The number of imidazole rings is 1. The third-order valence-electron chi connectivity index (χ3n) is 6.93. The van der Waals surface area contributed by atoms with Gasteiger partial charge in [-0.3, -0.25) is 9.25 Å². The van der Waals surface area contributed by atoms with Gasteiger partial charge < -0.3 is 20.9 Å². The summed E-state index contributed by atoms with van der Waals surface area (Å²) in [5.74, 6) is 0.183. The normalized spacial score (nSPS) is 17.0. The van der Waals surface area contributed by atoms with E-state index in [0.29, 0.717) is 36.8 Å². The Morgan fingerprint density at radius 2 is 2.08 bits per heavy atom. The fourth-order valence-corrected chi connectivity index (χ4v) is 4.75. The zero-order valence-corrected chi connectivity index (χ0v) is 20.1. The molecule has 1 fully saturated rings. The summed E-state index contributed by atoms with van der Waals surface area (Å²) in [5.41, 5.74) is 11.3. The molecule has 36 heavy (non-hydrogen) atoms. The third-order valence-corrected chi connectivity index (χ3v) is 6.93. The smallest absolute Gasteiger partial charge is 0.320 e. The van der Waals surface area contributed by atoms with Crippen LogP contribution in [0.3, 0.4) is 0 Å². The van der Waals surface area contributed by atoms with Crippen LogP contribution in [0.1, 0.15) is 36.8 Å². The predicted octanol–water partition coefficient (Wildman–Crippen LogP) is 3.05. The molecule has 4 N–H and O–H groups in total. The summed E-state index contributed by atoms with van der Waals surface area (Å²) in [5, 5.41) is 18.7. The Bertz CT molecular complexity index is 1420. The highest BCUT2D eigenvalue weighted by atomic mass is 16.5. The Morgan fingerprint density at radius 1 is 1.17 bits per heavy atom. The van der Waals surface area contributed by atoms with Crippen molar-refractivity contribution in [1.29, 1.82) is 0 Å². The van der Waals surface area contributed by atoms with Gasteiger partial charge in [0.05, 0.1) is 25.9 Å². The summed E-state index contributed by atoms with van der Waals surface area (Å²) < 4.78 is 9.36. The zero-order valence-electron chi connectivity index (χ0n) is 20.1. The van der Waals surface area contributed by atoms with Gasteiger partial charge in [-0.1, -0.05) is 36.8 Å². The average Bonchev–Trinajstić information content (AvgIpc) is 3.43. The molecule has 6 rings (SSSR count). The van der Waals surface area contributed by atoms with Crippen LogP contribution in [-0.2, 0) is 19.5 Å². The van der Waals surface area contributed by atoms with Gasteiger partial charge in [-0.2, -0.15) is 20.1 Å². The molecule has 4 aromatic rings. The molecule has 1 aromatic carbocycles. The molecule has 1 aliphatic carbocycles. The number of nitrogens with zero attached hydrogens (tertiary/aromatic N) is 6. The van der Waals surface area contributed by atoms with Crippen molar-refractivity contribution in [2.24, 2.45) is 0 Å². The SMILES string of the molecule is Nc1nc2nc3c1nc(O)n3Cc1ccc(-c3cnn(CCNC4CCC4)c3)c(c1)C/C=C\CCO2. The average molecular weight is 487 g/mol. The van der Waals surface area contributed by atoms with Crippen LogP contribution in [0.15, 0.2) is 42.7 Å². The first-order chi connectivity index (χ1) is 17.6. The van der Waals surface area contributed by atoms with Crippen molar-refractivity contribution in [3.8, 4) is 23.1 Å². The highest BCUT2D eigenvalue weighted by molar-refractivity contribution is 5.83. The molecule has 0 unspecified atom stereocenters. The Hall–Kier alpha value is -3.92. The van der Waals surface area contributed by atoms with Crippen molar-refractivity contribution in [2.75, 3.05) is 18.9 Å². The molecular formula is C26H30N8O2. The number of hydrogen-bond donors (Lipinski definition) is 3. The largest absolute Gasteiger partial charge is 0.480 e.